The number of primary amides is 1. The molecule has 0 saturated heterocycles. The minimum atomic E-state index is -0.425. The molecule has 0 heterocycles. The maximum absolute atomic E-state index is 11.2. The van der Waals surface area contributed by atoms with E-state index >= 15 is 0 Å². The van der Waals surface area contributed by atoms with Crippen LogP contribution >= 0.6 is 0 Å². The fraction of sp³-hybridized carbons (Fsp3) is 0.500. The molecule has 0 aliphatic rings. The molecule has 106 valence electrons. The number of anilines is 2. The number of nitrogen functional groups attached to an aromatic ring is 1. The standard InChI is InChI=1S/C14H24N4O/c1-4-18(9-5-8-17(2)3)13-10-11(14(16)19)6-7-12(13)15/h6-7,10H,4-5,8-9,15H2,1-3H3,(H2,16,19). The first-order valence-electron chi connectivity index (χ1n) is 6.54. The average Bonchev–Trinajstić information content (AvgIpc) is 2.35. The van der Waals surface area contributed by atoms with Gasteiger partial charge in [0.2, 0.25) is 5.91 Å². The van der Waals surface area contributed by atoms with E-state index in [9.17, 15) is 4.79 Å². The number of hydrogen-bond acceptors (Lipinski definition) is 4. The van der Waals surface area contributed by atoms with Gasteiger partial charge >= 0.3 is 0 Å². The van der Waals surface area contributed by atoms with Crippen LogP contribution in [0.5, 0.6) is 0 Å². The number of carbonyl (C=O) groups excluding carboxylic acids is 1. The third-order valence-electron chi connectivity index (χ3n) is 3.07. The second-order valence-electron chi connectivity index (χ2n) is 4.87. The van der Waals surface area contributed by atoms with Crippen molar-refractivity contribution in [1.29, 1.82) is 0 Å². The minimum absolute atomic E-state index is 0.425. The molecule has 1 aromatic carbocycles. The number of carbonyl (C=O) groups is 1. The van der Waals surface area contributed by atoms with E-state index in [0.717, 1.165) is 31.7 Å². The van der Waals surface area contributed by atoms with Gasteiger partial charge in [-0.1, -0.05) is 0 Å². The zero-order chi connectivity index (χ0) is 14.4. The Hall–Kier alpha value is -1.75. The second kappa shape index (κ2) is 6.99. The van der Waals surface area contributed by atoms with Crippen LogP contribution in [0, 0.1) is 0 Å². The smallest absolute Gasteiger partial charge is 0.248 e. The van der Waals surface area contributed by atoms with Gasteiger partial charge in [0.25, 0.3) is 0 Å². The van der Waals surface area contributed by atoms with Gasteiger partial charge < -0.3 is 21.3 Å². The molecule has 1 amide bonds. The molecule has 0 aliphatic carbocycles. The van der Waals surface area contributed by atoms with Crippen LogP contribution in [0.2, 0.25) is 0 Å². The summed E-state index contributed by atoms with van der Waals surface area (Å²) in [6.45, 7) is 4.85. The molecule has 0 fully saturated rings. The van der Waals surface area contributed by atoms with E-state index in [-0.39, 0.29) is 0 Å². The van der Waals surface area contributed by atoms with E-state index in [1.807, 2.05) is 0 Å². The molecular formula is C14H24N4O. The predicted molar refractivity (Wildman–Crippen MR) is 80.4 cm³/mol. The Labute approximate surface area is 115 Å². The normalized spacial score (nSPS) is 10.7. The van der Waals surface area contributed by atoms with Gasteiger partial charge in [-0.3, -0.25) is 4.79 Å². The van der Waals surface area contributed by atoms with Crippen molar-refractivity contribution in [2.24, 2.45) is 5.73 Å². The van der Waals surface area contributed by atoms with Crippen LogP contribution in [0.25, 0.3) is 0 Å². The highest BCUT2D eigenvalue weighted by Gasteiger charge is 2.11. The second-order valence-corrected chi connectivity index (χ2v) is 4.87. The predicted octanol–water partition coefficient (Wildman–Crippen LogP) is 1.15. The maximum Gasteiger partial charge on any atom is 0.248 e. The Morgan fingerprint density at radius 1 is 1.26 bits per heavy atom. The molecule has 4 N–H and O–H groups in total. The molecule has 5 heteroatoms. The monoisotopic (exact) mass is 264 g/mol. The number of rotatable bonds is 7. The van der Waals surface area contributed by atoms with E-state index in [1.54, 1.807) is 18.2 Å². The lowest BCUT2D eigenvalue weighted by atomic mass is 10.1. The summed E-state index contributed by atoms with van der Waals surface area (Å²) >= 11 is 0. The van der Waals surface area contributed by atoms with Crippen LogP contribution < -0.4 is 16.4 Å². The third-order valence-corrected chi connectivity index (χ3v) is 3.07. The first-order valence-corrected chi connectivity index (χ1v) is 6.54. The van der Waals surface area contributed by atoms with Crippen molar-refractivity contribution in [3.8, 4) is 0 Å². The van der Waals surface area contributed by atoms with Crippen LogP contribution in [0.3, 0.4) is 0 Å². The minimum Gasteiger partial charge on any atom is -0.397 e. The highest BCUT2D eigenvalue weighted by molar-refractivity contribution is 5.95. The number of hydrogen-bond donors (Lipinski definition) is 2. The zero-order valence-corrected chi connectivity index (χ0v) is 12.0. The lowest BCUT2D eigenvalue weighted by Gasteiger charge is -2.25. The summed E-state index contributed by atoms with van der Waals surface area (Å²) in [6.07, 6.45) is 1.04. The molecule has 1 rings (SSSR count). The summed E-state index contributed by atoms with van der Waals surface area (Å²) in [4.78, 5) is 15.6. The van der Waals surface area contributed by atoms with Gasteiger partial charge in [0, 0.05) is 18.7 Å². The van der Waals surface area contributed by atoms with Crippen LogP contribution in [0.4, 0.5) is 11.4 Å². The first kappa shape index (κ1) is 15.3. The van der Waals surface area contributed by atoms with Crippen molar-refractivity contribution < 1.29 is 4.79 Å². The molecule has 0 spiro atoms. The fourth-order valence-electron chi connectivity index (χ4n) is 2.00. The topological polar surface area (TPSA) is 75.6 Å². The summed E-state index contributed by atoms with van der Waals surface area (Å²) in [5.74, 6) is -0.425. The molecular weight excluding hydrogens is 240 g/mol. The van der Waals surface area contributed by atoms with E-state index in [4.69, 9.17) is 11.5 Å². The Balaban J connectivity index is 2.84. The van der Waals surface area contributed by atoms with Crippen molar-refractivity contribution in [3.05, 3.63) is 23.8 Å². The van der Waals surface area contributed by atoms with Crippen molar-refractivity contribution >= 4 is 17.3 Å². The third kappa shape index (κ3) is 4.44. The molecule has 0 unspecified atom stereocenters. The van der Waals surface area contributed by atoms with Gasteiger partial charge in [-0.25, -0.2) is 0 Å². The van der Waals surface area contributed by atoms with Gasteiger partial charge in [0.1, 0.15) is 0 Å². The van der Waals surface area contributed by atoms with Crippen LogP contribution in [0.15, 0.2) is 18.2 Å². The van der Waals surface area contributed by atoms with Gasteiger partial charge in [0.05, 0.1) is 11.4 Å². The molecule has 0 aromatic heterocycles. The highest BCUT2D eigenvalue weighted by atomic mass is 16.1. The fourth-order valence-corrected chi connectivity index (χ4v) is 2.00. The van der Waals surface area contributed by atoms with E-state index < -0.39 is 5.91 Å². The molecule has 0 radical (unpaired) electrons. The molecule has 0 saturated carbocycles. The van der Waals surface area contributed by atoms with Crippen molar-refractivity contribution in [2.75, 3.05) is 44.4 Å². The zero-order valence-electron chi connectivity index (χ0n) is 12.0. The summed E-state index contributed by atoms with van der Waals surface area (Å²) in [5, 5.41) is 0. The molecule has 0 atom stereocenters. The quantitative estimate of drug-likeness (QED) is 0.724. The molecule has 5 nitrogen and oxygen atoms in total. The SMILES string of the molecule is CCN(CCCN(C)C)c1cc(C(N)=O)ccc1N. The largest absolute Gasteiger partial charge is 0.397 e. The van der Waals surface area contributed by atoms with Gasteiger partial charge in [-0.05, 0) is 52.2 Å². The Morgan fingerprint density at radius 3 is 2.47 bits per heavy atom. The number of benzene rings is 1. The van der Waals surface area contributed by atoms with E-state index in [2.05, 4.69) is 30.8 Å². The molecule has 1 aromatic rings. The summed E-state index contributed by atoms with van der Waals surface area (Å²) in [6, 6.07) is 5.18. The van der Waals surface area contributed by atoms with E-state index in [0.29, 0.717) is 11.3 Å². The Bertz CT molecular complexity index is 431. The molecule has 0 aliphatic heterocycles. The maximum atomic E-state index is 11.2. The summed E-state index contributed by atoms with van der Waals surface area (Å²) in [7, 11) is 4.11. The molecule has 0 bridgehead atoms. The average molecular weight is 264 g/mol. The van der Waals surface area contributed by atoms with E-state index in [1.165, 1.54) is 0 Å². The van der Waals surface area contributed by atoms with Crippen molar-refractivity contribution in [2.45, 2.75) is 13.3 Å². The summed E-state index contributed by atoms with van der Waals surface area (Å²) < 4.78 is 0. The van der Waals surface area contributed by atoms with Crippen LogP contribution in [-0.4, -0.2) is 44.5 Å². The van der Waals surface area contributed by atoms with Crippen molar-refractivity contribution in [1.82, 2.24) is 4.90 Å². The van der Waals surface area contributed by atoms with Crippen LogP contribution in [-0.2, 0) is 0 Å². The van der Waals surface area contributed by atoms with Gasteiger partial charge in [-0.15, -0.1) is 0 Å². The van der Waals surface area contributed by atoms with Crippen LogP contribution in [0.1, 0.15) is 23.7 Å². The highest BCUT2D eigenvalue weighted by Crippen LogP contribution is 2.24. The van der Waals surface area contributed by atoms with Gasteiger partial charge in [0.15, 0.2) is 0 Å². The van der Waals surface area contributed by atoms with Gasteiger partial charge in [-0.2, -0.15) is 0 Å². The first-order chi connectivity index (χ1) is 8.95. The number of nitrogens with zero attached hydrogens (tertiary/aromatic N) is 2. The summed E-state index contributed by atoms with van der Waals surface area (Å²) in [5.41, 5.74) is 13.4. The molecule has 19 heavy (non-hydrogen) atoms. The number of amides is 1. The Kier molecular flexibility index (Phi) is 5.63. The lowest BCUT2D eigenvalue weighted by molar-refractivity contribution is 0.100. The Morgan fingerprint density at radius 2 is 1.95 bits per heavy atom. The van der Waals surface area contributed by atoms with Crippen molar-refractivity contribution in [3.63, 3.8) is 0 Å². The number of nitrogens with two attached hydrogens (primary N) is 2. The lowest BCUT2D eigenvalue weighted by Crippen LogP contribution is -2.28.